The normalized spacial score (nSPS) is 18.1. The molecule has 0 bridgehead atoms. The first-order chi connectivity index (χ1) is 17.1. The third kappa shape index (κ3) is 5.07. The quantitative estimate of drug-likeness (QED) is 0.473. The average molecular weight is 474 g/mol. The van der Waals surface area contributed by atoms with Crippen molar-refractivity contribution in [2.75, 3.05) is 23.7 Å². The Labute approximate surface area is 200 Å². The number of piperidine rings is 1. The van der Waals surface area contributed by atoms with Crippen LogP contribution in [0.5, 0.6) is 0 Å². The van der Waals surface area contributed by atoms with Crippen molar-refractivity contribution in [3.63, 3.8) is 0 Å². The van der Waals surface area contributed by atoms with Crippen LogP contribution in [-0.4, -0.2) is 71.6 Å². The summed E-state index contributed by atoms with van der Waals surface area (Å²) >= 11 is 0. The summed E-state index contributed by atoms with van der Waals surface area (Å²) in [4.78, 5) is 19.1. The van der Waals surface area contributed by atoms with Gasteiger partial charge in [0.15, 0.2) is 12.8 Å². The van der Waals surface area contributed by atoms with Crippen molar-refractivity contribution in [2.24, 2.45) is 10.9 Å². The van der Waals surface area contributed by atoms with Gasteiger partial charge in [0.25, 0.3) is 0 Å². The van der Waals surface area contributed by atoms with Gasteiger partial charge in [-0.2, -0.15) is 20.3 Å². The maximum absolute atomic E-state index is 10.8. The lowest BCUT2D eigenvalue weighted by molar-refractivity contribution is -0.138. The van der Waals surface area contributed by atoms with Crippen LogP contribution < -0.4 is 10.6 Å². The van der Waals surface area contributed by atoms with E-state index in [1.54, 1.807) is 12.4 Å². The highest BCUT2D eigenvalue weighted by molar-refractivity contribution is 6.12. The summed E-state index contributed by atoms with van der Waals surface area (Å²) in [5, 5.41) is 44.5. The van der Waals surface area contributed by atoms with Gasteiger partial charge in [0, 0.05) is 30.8 Å². The van der Waals surface area contributed by atoms with Gasteiger partial charge in [-0.05, 0) is 48.2 Å². The van der Waals surface area contributed by atoms with Crippen molar-refractivity contribution in [3.05, 3.63) is 42.2 Å². The smallest absolute Gasteiger partial charge is 0.327 e. The Morgan fingerprint density at radius 3 is 2.71 bits per heavy atom. The van der Waals surface area contributed by atoms with E-state index in [2.05, 4.69) is 47.2 Å². The molecule has 3 N–H and O–H groups in total. The summed E-state index contributed by atoms with van der Waals surface area (Å²) in [6.07, 6.45) is 5.65. The fraction of sp³-hybridized carbons (Fsp3) is 0.364. The average Bonchev–Trinajstić information content (AvgIpc) is 3.33. The molecule has 5 rings (SSSR count). The maximum atomic E-state index is 10.8. The van der Waals surface area contributed by atoms with Gasteiger partial charge in [-0.3, -0.25) is 9.69 Å². The van der Waals surface area contributed by atoms with Crippen LogP contribution >= 0.6 is 0 Å². The lowest BCUT2D eigenvalue weighted by Crippen LogP contribution is -2.47. The predicted octanol–water partition coefficient (Wildman–Crippen LogP) is 1.41. The molecule has 35 heavy (non-hydrogen) atoms. The van der Waals surface area contributed by atoms with Crippen LogP contribution in [0.15, 0.2) is 41.7 Å². The number of nitriles is 1. The first-order valence-corrected chi connectivity index (χ1v) is 11.2. The molecule has 2 aliphatic rings. The number of carboxylic acids is 1. The first kappa shape index (κ1) is 22.4. The summed E-state index contributed by atoms with van der Waals surface area (Å²) in [5.74, 6) is 0.429. The van der Waals surface area contributed by atoms with E-state index in [4.69, 9.17) is 15.4 Å². The number of hydrogen-bond acceptors (Lipinski definition) is 11. The summed E-state index contributed by atoms with van der Waals surface area (Å²) < 4.78 is 0. The number of likely N-dealkylation sites (tertiary alicyclic amines) is 1. The van der Waals surface area contributed by atoms with Crippen LogP contribution in [0.1, 0.15) is 24.8 Å². The molecule has 3 aromatic rings. The van der Waals surface area contributed by atoms with E-state index >= 15 is 0 Å². The molecule has 1 unspecified atom stereocenters. The molecule has 2 aromatic heterocycles. The van der Waals surface area contributed by atoms with Gasteiger partial charge in [-0.1, -0.05) is 0 Å². The SMILES string of the molecule is N#CCC1CCN(C2N=C(Nc3ccc(-c4nnn(CC(=O)O)n4)cc3)c3cnncc3N2)CC1. The van der Waals surface area contributed by atoms with E-state index < -0.39 is 5.97 Å². The standard InChI is InChI=1S/C22H23N11O2/c23-8-5-14-6-9-32(10-7-14)22-27-18-12-25-24-11-17(18)21(28-22)26-16-3-1-15(2-4-16)20-29-31-33(30-20)13-19(34)35/h1-4,11-12,14,22,27H,5-7,9-10,13H2,(H,26,28)(H,34,35). The number of fused-ring (bicyclic) bond motifs is 1. The minimum atomic E-state index is -1.04. The fourth-order valence-corrected chi connectivity index (χ4v) is 4.18. The van der Waals surface area contributed by atoms with E-state index in [1.807, 2.05) is 24.3 Å². The summed E-state index contributed by atoms with van der Waals surface area (Å²) in [6.45, 7) is 1.37. The van der Waals surface area contributed by atoms with Gasteiger partial charge in [-0.25, -0.2) is 4.99 Å². The van der Waals surface area contributed by atoms with Crippen LogP contribution in [-0.2, 0) is 11.3 Å². The summed E-state index contributed by atoms with van der Waals surface area (Å²) in [7, 11) is 0. The number of rotatable bonds is 6. The Bertz CT molecular complexity index is 1270. The van der Waals surface area contributed by atoms with Gasteiger partial charge >= 0.3 is 5.97 Å². The van der Waals surface area contributed by atoms with Crippen molar-refractivity contribution >= 4 is 23.2 Å². The zero-order chi connectivity index (χ0) is 24.2. The second kappa shape index (κ2) is 9.82. The molecule has 1 atom stereocenters. The van der Waals surface area contributed by atoms with Crippen molar-refractivity contribution in [1.29, 1.82) is 5.26 Å². The third-order valence-electron chi connectivity index (χ3n) is 6.03. The molecule has 13 heteroatoms. The van der Waals surface area contributed by atoms with Crippen molar-refractivity contribution < 1.29 is 9.90 Å². The van der Waals surface area contributed by atoms with Crippen molar-refractivity contribution in [2.45, 2.75) is 32.1 Å². The highest BCUT2D eigenvalue weighted by atomic mass is 16.4. The van der Waals surface area contributed by atoms with E-state index in [0.717, 1.165) is 47.7 Å². The number of nitrogens with zero attached hydrogens (tertiary/aromatic N) is 9. The minimum absolute atomic E-state index is 0.245. The Morgan fingerprint density at radius 1 is 1.20 bits per heavy atom. The number of hydrogen-bond donors (Lipinski definition) is 3. The molecular weight excluding hydrogens is 450 g/mol. The summed E-state index contributed by atoms with van der Waals surface area (Å²) in [5.41, 5.74) is 3.18. The van der Waals surface area contributed by atoms with Crippen molar-refractivity contribution in [1.82, 2.24) is 35.3 Å². The monoisotopic (exact) mass is 473 g/mol. The maximum Gasteiger partial charge on any atom is 0.327 e. The molecule has 13 nitrogen and oxygen atoms in total. The topological polar surface area (TPSA) is 170 Å². The molecule has 1 saturated heterocycles. The lowest BCUT2D eigenvalue weighted by Gasteiger charge is -2.37. The second-order valence-electron chi connectivity index (χ2n) is 8.39. The molecule has 1 aromatic carbocycles. The van der Waals surface area contributed by atoms with Gasteiger partial charge in [-0.15, -0.1) is 10.2 Å². The number of aromatic nitrogens is 6. The minimum Gasteiger partial charge on any atom is -0.480 e. The number of aliphatic carboxylic acids is 1. The zero-order valence-electron chi connectivity index (χ0n) is 18.7. The molecule has 178 valence electrons. The lowest BCUT2D eigenvalue weighted by atomic mass is 9.94. The fourth-order valence-electron chi connectivity index (χ4n) is 4.18. The number of benzene rings is 1. The van der Waals surface area contributed by atoms with Crippen LogP contribution in [0.25, 0.3) is 11.4 Å². The number of tetrazole rings is 1. The van der Waals surface area contributed by atoms with Crippen LogP contribution in [0, 0.1) is 17.2 Å². The zero-order valence-corrected chi connectivity index (χ0v) is 18.7. The van der Waals surface area contributed by atoms with E-state index in [-0.39, 0.29) is 12.8 Å². The molecular formula is C22H23N11O2. The molecule has 0 amide bonds. The molecule has 0 saturated carbocycles. The number of anilines is 2. The molecule has 0 spiro atoms. The number of amidine groups is 1. The molecule has 0 radical (unpaired) electrons. The van der Waals surface area contributed by atoms with Crippen LogP contribution in [0.4, 0.5) is 11.4 Å². The first-order valence-electron chi connectivity index (χ1n) is 11.2. The molecule has 4 heterocycles. The van der Waals surface area contributed by atoms with E-state index in [9.17, 15) is 4.79 Å². The van der Waals surface area contributed by atoms with E-state index in [0.29, 0.717) is 29.6 Å². The number of carboxylic acid groups (broad SMARTS) is 1. The molecule has 1 fully saturated rings. The van der Waals surface area contributed by atoms with Gasteiger partial charge in [0.2, 0.25) is 5.82 Å². The Balaban J connectivity index is 1.32. The number of aliphatic imine (C=N–C) groups is 1. The highest BCUT2D eigenvalue weighted by Crippen LogP contribution is 2.27. The van der Waals surface area contributed by atoms with Crippen LogP contribution in [0.2, 0.25) is 0 Å². The van der Waals surface area contributed by atoms with Crippen molar-refractivity contribution in [3.8, 4) is 17.5 Å². The second-order valence-corrected chi connectivity index (χ2v) is 8.39. The van der Waals surface area contributed by atoms with Gasteiger partial charge in [0.05, 0.1) is 29.7 Å². The third-order valence-corrected chi connectivity index (χ3v) is 6.03. The van der Waals surface area contributed by atoms with Gasteiger partial charge in [0.1, 0.15) is 5.84 Å². The van der Waals surface area contributed by atoms with E-state index in [1.165, 1.54) is 0 Å². The number of carbonyl (C=O) groups is 1. The predicted molar refractivity (Wildman–Crippen MR) is 125 cm³/mol. The van der Waals surface area contributed by atoms with Crippen LogP contribution in [0.3, 0.4) is 0 Å². The Kier molecular flexibility index (Phi) is 6.27. The largest absolute Gasteiger partial charge is 0.480 e. The molecule has 0 aliphatic carbocycles. The summed E-state index contributed by atoms with van der Waals surface area (Å²) in [6, 6.07) is 9.68. The number of nitrogens with one attached hydrogen (secondary N) is 2. The van der Waals surface area contributed by atoms with Gasteiger partial charge < -0.3 is 15.7 Å². The molecule has 2 aliphatic heterocycles. The Morgan fingerprint density at radius 2 is 1.97 bits per heavy atom. The highest BCUT2D eigenvalue weighted by Gasteiger charge is 2.29. The Hall–Kier alpha value is -4.44.